The van der Waals surface area contributed by atoms with Crippen LogP contribution in [0, 0.1) is 17.1 Å². The van der Waals surface area contributed by atoms with Crippen molar-refractivity contribution in [2.45, 2.75) is 4.90 Å². The molecule has 0 aliphatic carbocycles. The first-order valence-corrected chi connectivity index (χ1v) is 7.13. The molecule has 20 heavy (non-hydrogen) atoms. The van der Waals surface area contributed by atoms with E-state index in [1.165, 1.54) is 18.3 Å². The number of halogens is 2. The van der Waals surface area contributed by atoms with Crippen LogP contribution in [0.4, 0.5) is 10.2 Å². The predicted molar refractivity (Wildman–Crippen MR) is 71.2 cm³/mol. The summed E-state index contributed by atoms with van der Waals surface area (Å²) in [6.07, 6.45) is 1.34. The number of aromatic nitrogens is 1. The molecule has 0 radical (unpaired) electrons. The van der Waals surface area contributed by atoms with Crippen LogP contribution < -0.4 is 4.72 Å². The van der Waals surface area contributed by atoms with Crippen LogP contribution in [0.3, 0.4) is 0 Å². The zero-order valence-electron chi connectivity index (χ0n) is 9.84. The van der Waals surface area contributed by atoms with Gasteiger partial charge in [0.25, 0.3) is 10.0 Å². The number of nitrogens with zero attached hydrogens (tertiary/aromatic N) is 2. The Hall–Kier alpha value is -2.17. The third kappa shape index (κ3) is 2.87. The van der Waals surface area contributed by atoms with Gasteiger partial charge in [0.15, 0.2) is 5.82 Å². The molecule has 0 amide bonds. The van der Waals surface area contributed by atoms with Crippen LogP contribution in [0.1, 0.15) is 5.56 Å². The number of hydrogen-bond donors (Lipinski definition) is 1. The molecule has 8 heteroatoms. The first-order chi connectivity index (χ1) is 9.44. The van der Waals surface area contributed by atoms with Gasteiger partial charge in [-0.2, -0.15) is 5.26 Å². The molecule has 0 unspecified atom stereocenters. The van der Waals surface area contributed by atoms with E-state index < -0.39 is 15.8 Å². The summed E-state index contributed by atoms with van der Waals surface area (Å²) in [4.78, 5) is 3.56. The third-order valence-electron chi connectivity index (χ3n) is 2.36. The quantitative estimate of drug-likeness (QED) is 0.944. The molecule has 0 fully saturated rings. The summed E-state index contributed by atoms with van der Waals surface area (Å²) in [6, 6.07) is 7.73. The molecule has 2 rings (SSSR count). The largest absolute Gasteiger partial charge is 0.263 e. The first kappa shape index (κ1) is 14.2. The van der Waals surface area contributed by atoms with Crippen LogP contribution in [-0.4, -0.2) is 13.4 Å². The minimum atomic E-state index is -4.00. The lowest BCUT2D eigenvalue weighted by Gasteiger charge is -2.08. The lowest BCUT2D eigenvalue weighted by atomic mass is 10.3. The van der Waals surface area contributed by atoms with Gasteiger partial charge in [-0.15, -0.1) is 0 Å². The highest BCUT2D eigenvalue weighted by atomic mass is 35.5. The van der Waals surface area contributed by atoms with E-state index in [9.17, 15) is 12.8 Å². The lowest BCUT2D eigenvalue weighted by molar-refractivity contribution is 0.599. The fourth-order valence-corrected chi connectivity index (χ4v) is 2.71. The van der Waals surface area contributed by atoms with Crippen LogP contribution in [0.2, 0.25) is 5.02 Å². The number of nitrogens with one attached hydrogen (secondary N) is 1. The van der Waals surface area contributed by atoms with Gasteiger partial charge in [-0.05, 0) is 30.3 Å². The molecule has 5 nitrogen and oxygen atoms in total. The summed E-state index contributed by atoms with van der Waals surface area (Å²) in [5.41, 5.74) is 0.0734. The standard InChI is InChI=1S/C12H7ClFN3O2S/c13-10-6-9(3-4-11(10)14)20(18,19)17-12-8(7-15)2-1-5-16-12/h1-6H,(H,16,17). The molecule has 1 aromatic carbocycles. The van der Waals surface area contributed by atoms with Gasteiger partial charge in [0.05, 0.1) is 15.5 Å². The van der Waals surface area contributed by atoms with Gasteiger partial charge in [-0.3, -0.25) is 4.72 Å². The van der Waals surface area contributed by atoms with Gasteiger partial charge in [-0.25, -0.2) is 17.8 Å². The van der Waals surface area contributed by atoms with Gasteiger partial charge < -0.3 is 0 Å². The minimum absolute atomic E-state index is 0.0734. The molecule has 0 saturated carbocycles. The Bertz CT molecular complexity index is 803. The Morgan fingerprint density at radius 1 is 1.35 bits per heavy atom. The molecule has 0 aliphatic rings. The molecular weight excluding hydrogens is 305 g/mol. The number of hydrogen-bond acceptors (Lipinski definition) is 4. The van der Waals surface area contributed by atoms with Gasteiger partial charge in [-0.1, -0.05) is 11.6 Å². The molecule has 1 heterocycles. The molecule has 0 atom stereocenters. The van der Waals surface area contributed by atoms with Crippen LogP contribution >= 0.6 is 11.6 Å². The van der Waals surface area contributed by atoms with Crippen LogP contribution in [0.5, 0.6) is 0 Å². The lowest BCUT2D eigenvalue weighted by Crippen LogP contribution is -2.15. The summed E-state index contributed by atoms with van der Waals surface area (Å²) >= 11 is 5.55. The van der Waals surface area contributed by atoms with Crippen molar-refractivity contribution < 1.29 is 12.8 Å². The van der Waals surface area contributed by atoms with E-state index >= 15 is 0 Å². The van der Waals surface area contributed by atoms with E-state index in [1.807, 2.05) is 6.07 Å². The van der Waals surface area contributed by atoms with Crippen molar-refractivity contribution in [2.24, 2.45) is 0 Å². The van der Waals surface area contributed by atoms with Crippen LogP contribution in [0.15, 0.2) is 41.4 Å². The summed E-state index contributed by atoms with van der Waals surface area (Å²) in [6.45, 7) is 0. The van der Waals surface area contributed by atoms with Crippen molar-refractivity contribution in [2.75, 3.05) is 4.72 Å². The predicted octanol–water partition coefficient (Wildman–Crippen LogP) is 2.55. The minimum Gasteiger partial charge on any atom is -0.262 e. The molecule has 0 saturated heterocycles. The van der Waals surface area contributed by atoms with Gasteiger partial charge in [0.2, 0.25) is 0 Å². The smallest absolute Gasteiger partial charge is 0.262 e. The molecule has 2 aromatic rings. The van der Waals surface area contributed by atoms with Crippen LogP contribution in [0.25, 0.3) is 0 Å². The second kappa shape index (κ2) is 5.45. The van der Waals surface area contributed by atoms with E-state index in [-0.39, 0.29) is 21.3 Å². The van der Waals surface area contributed by atoms with Crippen molar-refractivity contribution >= 4 is 27.4 Å². The van der Waals surface area contributed by atoms with E-state index in [4.69, 9.17) is 16.9 Å². The molecule has 0 bridgehead atoms. The molecule has 1 aromatic heterocycles. The third-order valence-corrected chi connectivity index (χ3v) is 3.99. The molecular formula is C12H7ClFN3O2S. The van der Waals surface area contributed by atoms with Crippen molar-refractivity contribution in [1.82, 2.24) is 4.98 Å². The highest BCUT2D eigenvalue weighted by Gasteiger charge is 2.18. The summed E-state index contributed by atoms with van der Waals surface area (Å²) in [5.74, 6) is -0.823. The second-order valence-electron chi connectivity index (χ2n) is 3.69. The van der Waals surface area contributed by atoms with Gasteiger partial charge in [0.1, 0.15) is 11.9 Å². The summed E-state index contributed by atoms with van der Waals surface area (Å²) in [7, 11) is -4.00. The van der Waals surface area contributed by atoms with Crippen molar-refractivity contribution in [3.8, 4) is 6.07 Å². The van der Waals surface area contributed by atoms with E-state index in [0.29, 0.717) is 0 Å². The van der Waals surface area contributed by atoms with E-state index in [2.05, 4.69) is 9.71 Å². The Morgan fingerprint density at radius 2 is 2.10 bits per heavy atom. The highest BCUT2D eigenvalue weighted by molar-refractivity contribution is 7.92. The van der Waals surface area contributed by atoms with Gasteiger partial charge >= 0.3 is 0 Å². The highest BCUT2D eigenvalue weighted by Crippen LogP contribution is 2.22. The number of pyridine rings is 1. The zero-order valence-corrected chi connectivity index (χ0v) is 11.4. The Kier molecular flexibility index (Phi) is 3.88. The van der Waals surface area contributed by atoms with Crippen molar-refractivity contribution in [3.63, 3.8) is 0 Å². The normalized spacial score (nSPS) is 10.8. The Morgan fingerprint density at radius 3 is 2.75 bits per heavy atom. The summed E-state index contributed by atoms with van der Waals surface area (Å²) < 4.78 is 39.4. The average Bonchev–Trinajstić information content (AvgIpc) is 2.42. The monoisotopic (exact) mass is 311 g/mol. The number of sulfonamides is 1. The number of rotatable bonds is 3. The average molecular weight is 312 g/mol. The molecule has 102 valence electrons. The number of nitriles is 1. The Labute approximate surface area is 119 Å². The van der Waals surface area contributed by atoms with E-state index in [0.717, 1.165) is 18.2 Å². The maximum Gasteiger partial charge on any atom is 0.263 e. The maximum absolute atomic E-state index is 13.0. The maximum atomic E-state index is 13.0. The fourth-order valence-electron chi connectivity index (χ4n) is 1.41. The SMILES string of the molecule is N#Cc1cccnc1NS(=O)(=O)c1ccc(F)c(Cl)c1. The first-order valence-electron chi connectivity index (χ1n) is 5.27. The van der Waals surface area contributed by atoms with Crippen molar-refractivity contribution in [1.29, 1.82) is 5.26 Å². The number of anilines is 1. The fraction of sp³-hybridized carbons (Fsp3) is 0. The summed E-state index contributed by atoms with van der Waals surface area (Å²) in [5, 5.41) is 8.56. The van der Waals surface area contributed by atoms with E-state index in [1.54, 1.807) is 0 Å². The van der Waals surface area contributed by atoms with Crippen molar-refractivity contribution in [3.05, 3.63) is 52.9 Å². The number of benzene rings is 1. The van der Waals surface area contributed by atoms with Gasteiger partial charge in [0, 0.05) is 6.20 Å². The second-order valence-corrected chi connectivity index (χ2v) is 5.78. The zero-order chi connectivity index (χ0) is 14.8. The molecule has 0 spiro atoms. The van der Waals surface area contributed by atoms with Crippen LogP contribution in [-0.2, 0) is 10.0 Å². The molecule has 1 N–H and O–H groups in total. The Balaban J connectivity index is 2.41. The molecule has 0 aliphatic heterocycles. The topological polar surface area (TPSA) is 82.8 Å².